The molecule has 0 spiro atoms. The van der Waals surface area contributed by atoms with Gasteiger partial charge >= 0.3 is 0 Å². The van der Waals surface area contributed by atoms with Crippen LogP contribution in [-0.2, 0) is 0 Å². The molecule has 0 aromatic heterocycles. The van der Waals surface area contributed by atoms with E-state index in [0.29, 0.717) is 11.7 Å². The van der Waals surface area contributed by atoms with Crippen LogP contribution in [0.1, 0.15) is 32.1 Å². The van der Waals surface area contributed by atoms with Crippen molar-refractivity contribution >= 4 is 5.69 Å². The number of nitrogens with zero attached hydrogens (tertiary/aromatic N) is 1. The SMILES string of the molecule is CN(c1ccc(F)cc1F)C1CCCCC1. The zero-order valence-electron chi connectivity index (χ0n) is 9.55. The Morgan fingerprint density at radius 1 is 1.12 bits per heavy atom. The van der Waals surface area contributed by atoms with Gasteiger partial charge in [-0.05, 0) is 25.0 Å². The highest BCUT2D eigenvalue weighted by Crippen LogP contribution is 2.27. The van der Waals surface area contributed by atoms with E-state index < -0.39 is 11.6 Å². The summed E-state index contributed by atoms with van der Waals surface area (Å²) in [6.45, 7) is 0. The van der Waals surface area contributed by atoms with Crippen LogP contribution in [0, 0.1) is 11.6 Å². The second-order valence-corrected chi connectivity index (χ2v) is 4.50. The average Bonchev–Trinajstić information content (AvgIpc) is 2.29. The maximum atomic E-state index is 13.6. The van der Waals surface area contributed by atoms with Crippen molar-refractivity contribution in [2.24, 2.45) is 0 Å². The van der Waals surface area contributed by atoms with E-state index in [9.17, 15) is 8.78 Å². The fraction of sp³-hybridized carbons (Fsp3) is 0.538. The second-order valence-electron chi connectivity index (χ2n) is 4.50. The van der Waals surface area contributed by atoms with Gasteiger partial charge in [-0.2, -0.15) is 0 Å². The molecule has 1 saturated carbocycles. The molecule has 16 heavy (non-hydrogen) atoms. The van der Waals surface area contributed by atoms with Gasteiger partial charge in [0.15, 0.2) is 0 Å². The molecule has 2 rings (SSSR count). The third kappa shape index (κ3) is 2.34. The van der Waals surface area contributed by atoms with Gasteiger partial charge in [0.2, 0.25) is 0 Å². The number of benzene rings is 1. The average molecular weight is 225 g/mol. The van der Waals surface area contributed by atoms with Crippen molar-refractivity contribution in [3.8, 4) is 0 Å². The Balaban J connectivity index is 2.15. The van der Waals surface area contributed by atoms with Crippen LogP contribution >= 0.6 is 0 Å². The molecular weight excluding hydrogens is 208 g/mol. The molecule has 3 heteroatoms. The molecule has 1 nitrogen and oxygen atoms in total. The normalized spacial score (nSPS) is 17.4. The number of hydrogen-bond donors (Lipinski definition) is 0. The molecule has 0 heterocycles. The highest BCUT2D eigenvalue weighted by molar-refractivity contribution is 5.48. The van der Waals surface area contributed by atoms with Crippen molar-refractivity contribution in [1.29, 1.82) is 0 Å². The highest BCUT2D eigenvalue weighted by Gasteiger charge is 2.20. The van der Waals surface area contributed by atoms with Crippen LogP contribution in [0.5, 0.6) is 0 Å². The van der Waals surface area contributed by atoms with E-state index in [0.717, 1.165) is 18.9 Å². The number of anilines is 1. The van der Waals surface area contributed by atoms with Crippen molar-refractivity contribution in [2.75, 3.05) is 11.9 Å². The Bertz CT molecular complexity index is 359. The lowest BCUT2D eigenvalue weighted by Gasteiger charge is -2.33. The predicted molar refractivity (Wildman–Crippen MR) is 61.6 cm³/mol. The Labute approximate surface area is 95.1 Å². The molecule has 1 aromatic rings. The maximum Gasteiger partial charge on any atom is 0.149 e. The Morgan fingerprint density at radius 3 is 2.44 bits per heavy atom. The van der Waals surface area contributed by atoms with E-state index in [-0.39, 0.29) is 0 Å². The summed E-state index contributed by atoms with van der Waals surface area (Å²) in [6, 6.07) is 4.19. The molecule has 1 aromatic carbocycles. The first-order valence-electron chi connectivity index (χ1n) is 5.86. The van der Waals surface area contributed by atoms with Crippen LogP contribution in [0.25, 0.3) is 0 Å². The topological polar surface area (TPSA) is 3.24 Å². The fourth-order valence-corrected chi connectivity index (χ4v) is 2.43. The third-order valence-corrected chi connectivity index (χ3v) is 3.41. The summed E-state index contributed by atoms with van der Waals surface area (Å²) in [6.07, 6.45) is 5.90. The molecule has 0 N–H and O–H groups in total. The van der Waals surface area contributed by atoms with Crippen LogP contribution in [0.2, 0.25) is 0 Å². The van der Waals surface area contributed by atoms with E-state index in [1.165, 1.54) is 31.4 Å². The molecule has 0 bridgehead atoms. The second kappa shape index (κ2) is 4.81. The first-order chi connectivity index (χ1) is 7.68. The molecular formula is C13H17F2N. The Kier molecular flexibility index (Phi) is 3.42. The summed E-state index contributed by atoms with van der Waals surface area (Å²) in [7, 11) is 1.90. The lowest BCUT2D eigenvalue weighted by Crippen LogP contribution is -2.33. The van der Waals surface area contributed by atoms with Crippen LogP contribution in [0.15, 0.2) is 18.2 Å². The minimum Gasteiger partial charge on any atom is -0.369 e. The van der Waals surface area contributed by atoms with Gasteiger partial charge in [0.05, 0.1) is 5.69 Å². The lowest BCUT2D eigenvalue weighted by atomic mass is 9.94. The molecule has 1 fully saturated rings. The van der Waals surface area contributed by atoms with E-state index in [1.54, 1.807) is 0 Å². The van der Waals surface area contributed by atoms with E-state index in [4.69, 9.17) is 0 Å². The van der Waals surface area contributed by atoms with Crippen LogP contribution in [0.3, 0.4) is 0 Å². The van der Waals surface area contributed by atoms with Gasteiger partial charge < -0.3 is 4.90 Å². The Morgan fingerprint density at radius 2 is 1.81 bits per heavy atom. The van der Waals surface area contributed by atoms with Gasteiger partial charge in [0.25, 0.3) is 0 Å². The predicted octanol–water partition coefficient (Wildman–Crippen LogP) is 3.73. The molecule has 0 radical (unpaired) electrons. The van der Waals surface area contributed by atoms with Gasteiger partial charge in [0, 0.05) is 19.2 Å². The fourth-order valence-electron chi connectivity index (χ4n) is 2.43. The smallest absolute Gasteiger partial charge is 0.149 e. The minimum absolute atomic E-state index is 0.397. The molecule has 0 unspecified atom stereocenters. The summed E-state index contributed by atoms with van der Waals surface area (Å²) in [5, 5.41) is 0. The van der Waals surface area contributed by atoms with E-state index in [2.05, 4.69) is 0 Å². The molecule has 0 amide bonds. The van der Waals surface area contributed by atoms with Crippen LogP contribution in [0.4, 0.5) is 14.5 Å². The highest BCUT2D eigenvalue weighted by atomic mass is 19.1. The molecule has 1 aliphatic rings. The monoisotopic (exact) mass is 225 g/mol. The summed E-state index contributed by atoms with van der Waals surface area (Å²) >= 11 is 0. The maximum absolute atomic E-state index is 13.6. The molecule has 0 aliphatic heterocycles. The summed E-state index contributed by atoms with van der Waals surface area (Å²) in [5.41, 5.74) is 0.508. The first-order valence-corrected chi connectivity index (χ1v) is 5.86. The number of hydrogen-bond acceptors (Lipinski definition) is 1. The molecule has 0 atom stereocenters. The van der Waals surface area contributed by atoms with E-state index in [1.807, 2.05) is 11.9 Å². The van der Waals surface area contributed by atoms with E-state index >= 15 is 0 Å². The Hall–Kier alpha value is -1.12. The van der Waals surface area contributed by atoms with Crippen LogP contribution in [-0.4, -0.2) is 13.1 Å². The zero-order chi connectivity index (χ0) is 11.5. The molecule has 88 valence electrons. The van der Waals surface area contributed by atoms with Crippen molar-refractivity contribution in [2.45, 2.75) is 38.1 Å². The molecule has 0 saturated heterocycles. The van der Waals surface area contributed by atoms with Crippen molar-refractivity contribution in [1.82, 2.24) is 0 Å². The van der Waals surface area contributed by atoms with Crippen molar-refractivity contribution in [3.05, 3.63) is 29.8 Å². The quantitative estimate of drug-likeness (QED) is 0.741. The standard InChI is InChI=1S/C13H17F2N/c1-16(11-5-3-2-4-6-11)13-8-7-10(14)9-12(13)15/h7-9,11H,2-6H2,1H3. The lowest BCUT2D eigenvalue weighted by molar-refractivity contribution is 0.424. The van der Waals surface area contributed by atoms with Crippen molar-refractivity contribution < 1.29 is 8.78 Å². The number of rotatable bonds is 2. The summed E-state index contributed by atoms with van der Waals surface area (Å²) in [4.78, 5) is 1.95. The van der Waals surface area contributed by atoms with Gasteiger partial charge in [-0.3, -0.25) is 0 Å². The largest absolute Gasteiger partial charge is 0.369 e. The summed E-state index contributed by atoms with van der Waals surface area (Å²) in [5.74, 6) is -0.980. The summed E-state index contributed by atoms with van der Waals surface area (Å²) < 4.78 is 26.4. The minimum atomic E-state index is -0.515. The van der Waals surface area contributed by atoms with Gasteiger partial charge in [-0.15, -0.1) is 0 Å². The van der Waals surface area contributed by atoms with Gasteiger partial charge in [-0.1, -0.05) is 19.3 Å². The van der Waals surface area contributed by atoms with Gasteiger partial charge in [0.1, 0.15) is 11.6 Å². The van der Waals surface area contributed by atoms with Crippen LogP contribution < -0.4 is 4.90 Å². The first kappa shape index (κ1) is 11.4. The molecule has 1 aliphatic carbocycles. The van der Waals surface area contributed by atoms with Gasteiger partial charge in [-0.25, -0.2) is 8.78 Å². The van der Waals surface area contributed by atoms with Crippen molar-refractivity contribution in [3.63, 3.8) is 0 Å². The zero-order valence-corrected chi connectivity index (χ0v) is 9.55. The third-order valence-electron chi connectivity index (χ3n) is 3.41. The number of halogens is 2.